The van der Waals surface area contributed by atoms with E-state index in [2.05, 4.69) is 53.5 Å². The fraction of sp³-hybridized carbons (Fsp3) is 0.524. The zero-order valence-corrected chi connectivity index (χ0v) is 17.9. The highest BCUT2D eigenvalue weighted by Gasteiger charge is 2.04. The summed E-state index contributed by atoms with van der Waals surface area (Å²) in [5.74, 6) is 1.78. The van der Waals surface area contributed by atoms with Crippen molar-refractivity contribution < 1.29 is 4.74 Å². The van der Waals surface area contributed by atoms with Crippen LogP contribution in [0, 0.1) is 13.8 Å². The van der Waals surface area contributed by atoms with Crippen molar-refractivity contribution in [2.24, 2.45) is 4.99 Å². The summed E-state index contributed by atoms with van der Waals surface area (Å²) in [6, 6.07) is 8.31. The summed E-state index contributed by atoms with van der Waals surface area (Å²) in [6.45, 7) is 12.8. The minimum absolute atomic E-state index is 0.202. The Hall–Kier alpha value is -2.08. The first-order valence-electron chi connectivity index (χ1n) is 9.68. The molecule has 0 fully saturated rings. The van der Waals surface area contributed by atoms with Gasteiger partial charge in [-0.1, -0.05) is 12.1 Å². The molecule has 0 aliphatic rings. The van der Waals surface area contributed by atoms with Crippen molar-refractivity contribution in [3.8, 4) is 5.75 Å². The number of hydrogen-bond donors (Lipinski definition) is 2. The van der Waals surface area contributed by atoms with Crippen molar-refractivity contribution in [1.82, 2.24) is 15.6 Å². The highest BCUT2D eigenvalue weighted by molar-refractivity contribution is 7.11. The van der Waals surface area contributed by atoms with E-state index in [-0.39, 0.29) is 6.10 Å². The van der Waals surface area contributed by atoms with Gasteiger partial charge in [0.1, 0.15) is 5.75 Å². The Morgan fingerprint density at radius 3 is 2.48 bits per heavy atom. The minimum Gasteiger partial charge on any atom is -0.491 e. The molecule has 0 amide bonds. The van der Waals surface area contributed by atoms with Gasteiger partial charge in [0.15, 0.2) is 5.96 Å². The first-order valence-corrected chi connectivity index (χ1v) is 10.5. The molecule has 27 heavy (non-hydrogen) atoms. The molecule has 2 N–H and O–H groups in total. The number of aromatic nitrogens is 1. The topological polar surface area (TPSA) is 58.5 Å². The Morgan fingerprint density at radius 2 is 1.89 bits per heavy atom. The predicted octanol–water partition coefficient (Wildman–Crippen LogP) is 3.89. The van der Waals surface area contributed by atoms with E-state index < -0.39 is 0 Å². The molecule has 0 saturated carbocycles. The van der Waals surface area contributed by atoms with Gasteiger partial charge in [-0.3, -0.25) is 4.99 Å². The maximum atomic E-state index is 5.68. The monoisotopic (exact) mass is 388 g/mol. The van der Waals surface area contributed by atoms with Gasteiger partial charge in [0.2, 0.25) is 0 Å². The van der Waals surface area contributed by atoms with E-state index in [1.54, 1.807) is 11.3 Å². The van der Waals surface area contributed by atoms with Crippen LogP contribution in [0.4, 0.5) is 0 Å². The van der Waals surface area contributed by atoms with Gasteiger partial charge >= 0.3 is 0 Å². The summed E-state index contributed by atoms with van der Waals surface area (Å²) in [5.41, 5.74) is 2.41. The lowest BCUT2D eigenvalue weighted by Crippen LogP contribution is -2.38. The molecule has 0 spiro atoms. The zero-order chi connectivity index (χ0) is 19.6. The summed E-state index contributed by atoms with van der Waals surface area (Å²) in [5, 5.41) is 7.87. The van der Waals surface area contributed by atoms with E-state index >= 15 is 0 Å². The lowest BCUT2D eigenvalue weighted by Gasteiger charge is -2.12. The molecule has 5 nitrogen and oxygen atoms in total. The van der Waals surface area contributed by atoms with Crippen LogP contribution in [0.25, 0.3) is 0 Å². The molecular formula is C21H32N4OS. The van der Waals surface area contributed by atoms with Gasteiger partial charge in [-0.2, -0.15) is 0 Å². The van der Waals surface area contributed by atoms with E-state index in [1.807, 2.05) is 26.0 Å². The highest BCUT2D eigenvalue weighted by Crippen LogP contribution is 2.16. The summed E-state index contributed by atoms with van der Waals surface area (Å²) in [4.78, 5) is 10.5. The molecule has 148 valence electrons. The van der Waals surface area contributed by atoms with Crippen LogP contribution in [-0.2, 0) is 12.8 Å². The number of aryl methyl sites for hydroxylation is 2. The number of benzene rings is 1. The van der Waals surface area contributed by atoms with Crippen LogP contribution in [0.3, 0.4) is 0 Å². The molecule has 0 radical (unpaired) electrons. The number of thiazole rings is 1. The average molecular weight is 389 g/mol. The Morgan fingerprint density at radius 1 is 1.15 bits per heavy atom. The molecule has 1 heterocycles. The molecule has 0 unspecified atom stereocenters. The van der Waals surface area contributed by atoms with Crippen LogP contribution >= 0.6 is 11.3 Å². The summed E-state index contributed by atoms with van der Waals surface area (Å²) in [6.07, 6.45) is 2.03. The number of nitrogens with one attached hydrogen (secondary N) is 2. The molecule has 0 saturated heterocycles. The average Bonchev–Trinajstić information content (AvgIpc) is 2.94. The smallest absolute Gasteiger partial charge is 0.191 e. The number of hydrogen-bond acceptors (Lipinski definition) is 4. The number of aliphatic imine (C=N–C) groups is 1. The Bertz CT molecular complexity index is 703. The standard InChI is InChI=1S/C21H32N4OS/c1-6-22-21(24-14-12-20-25-16(4)17(5)27-20)23-13-11-18-7-9-19(10-8-18)26-15(2)3/h7-10,15H,6,11-14H2,1-5H3,(H2,22,23,24). The molecular weight excluding hydrogens is 356 g/mol. The Labute approximate surface area is 167 Å². The van der Waals surface area contributed by atoms with E-state index in [0.29, 0.717) is 0 Å². The fourth-order valence-corrected chi connectivity index (χ4v) is 3.51. The molecule has 1 aromatic carbocycles. The van der Waals surface area contributed by atoms with E-state index in [1.165, 1.54) is 10.4 Å². The van der Waals surface area contributed by atoms with Crippen molar-refractivity contribution in [3.63, 3.8) is 0 Å². The van der Waals surface area contributed by atoms with Crippen molar-refractivity contribution in [1.29, 1.82) is 0 Å². The van der Waals surface area contributed by atoms with Crippen LogP contribution in [0.2, 0.25) is 0 Å². The third-order valence-corrected chi connectivity index (χ3v) is 5.15. The first kappa shape index (κ1) is 21.2. The van der Waals surface area contributed by atoms with Crippen LogP contribution < -0.4 is 15.4 Å². The molecule has 0 atom stereocenters. The van der Waals surface area contributed by atoms with Gasteiger partial charge in [-0.25, -0.2) is 4.98 Å². The summed E-state index contributed by atoms with van der Waals surface area (Å²) >= 11 is 1.77. The van der Waals surface area contributed by atoms with Crippen molar-refractivity contribution in [2.75, 3.05) is 19.6 Å². The predicted molar refractivity (Wildman–Crippen MR) is 115 cm³/mol. The van der Waals surface area contributed by atoms with Crippen LogP contribution in [-0.4, -0.2) is 36.7 Å². The van der Waals surface area contributed by atoms with Gasteiger partial charge in [-0.05, 0) is 58.7 Å². The minimum atomic E-state index is 0.202. The molecule has 0 bridgehead atoms. The van der Waals surface area contributed by atoms with Crippen LogP contribution in [0.1, 0.15) is 41.9 Å². The number of ether oxygens (including phenoxy) is 1. The number of rotatable bonds is 9. The Kier molecular flexibility index (Phi) is 8.58. The second-order valence-electron chi connectivity index (χ2n) is 6.75. The van der Waals surface area contributed by atoms with Crippen LogP contribution in [0.15, 0.2) is 29.3 Å². The quantitative estimate of drug-likeness (QED) is 0.505. The van der Waals surface area contributed by atoms with Crippen molar-refractivity contribution >= 4 is 17.3 Å². The molecule has 6 heteroatoms. The third-order valence-electron chi connectivity index (χ3n) is 4.01. The summed E-state index contributed by atoms with van der Waals surface area (Å²) < 4.78 is 5.68. The van der Waals surface area contributed by atoms with E-state index in [0.717, 1.165) is 54.9 Å². The second kappa shape index (κ2) is 10.9. The fourth-order valence-electron chi connectivity index (χ4n) is 2.58. The molecule has 2 aromatic rings. The molecule has 2 rings (SSSR count). The van der Waals surface area contributed by atoms with Gasteiger partial charge < -0.3 is 15.4 Å². The van der Waals surface area contributed by atoms with Crippen molar-refractivity contribution in [2.45, 2.75) is 53.6 Å². The zero-order valence-electron chi connectivity index (χ0n) is 17.1. The lowest BCUT2D eigenvalue weighted by atomic mass is 10.1. The maximum absolute atomic E-state index is 5.68. The SMILES string of the molecule is CCNC(=NCCc1nc(C)c(C)s1)NCCc1ccc(OC(C)C)cc1. The summed E-state index contributed by atoms with van der Waals surface area (Å²) in [7, 11) is 0. The third kappa shape index (κ3) is 7.59. The second-order valence-corrected chi connectivity index (χ2v) is 8.03. The maximum Gasteiger partial charge on any atom is 0.191 e. The number of nitrogens with zero attached hydrogens (tertiary/aromatic N) is 2. The molecule has 0 aliphatic carbocycles. The lowest BCUT2D eigenvalue weighted by molar-refractivity contribution is 0.242. The van der Waals surface area contributed by atoms with Crippen molar-refractivity contribution in [3.05, 3.63) is 45.4 Å². The first-order chi connectivity index (χ1) is 13.0. The largest absolute Gasteiger partial charge is 0.491 e. The van der Waals surface area contributed by atoms with Gasteiger partial charge in [0.05, 0.1) is 16.8 Å². The van der Waals surface area contributed by atoms with Crippen LogP contribution in [0.5, 0.6) is 5.75 Å². The Balaban J connectivity index is 1.79. The van der Waals surface area contributed by atoms with E-state index in [4.69, 9.17) is 4.74 Å². The van der Waals surface area contributed by atoms with E-state index in [9.17, 15) is 0 Å². The molecule has 1 aromatic heterocycles. The van der Waals surface area contributed by atoms with Gasteiger partial charge in [0.25, 0.3) is 0 Å². The normalized spacial score (nSPS) is 11.7. The molecule has 0 aliphatic heterocycles. The highest BCUT2D eigenvalue weighted by atomic mass is 32.1. The number of guanidine groups is 1. The van der Waals surface area contributed by atoms with Gasteiger partial charge in [-0.15, -0.1) is 11.3 Å². The van der Waals surface area contributed by atoms with Gasteiger partial charge in [0, 0.05) is 30.9 Å².